The molecule has 0 aliphatic heterocycles. The second-order valence-corrected chi connectivity index (χ2v) is 5.80. The molecule has 1 aromatic carbocycles. The minimum atomic E-state index is -0.424. The minimum Gasteiger partial charge on any atom is -0.480 e. The second-order valence-electron chi connectivity index (χ2n) is 3.72. The Bertz CT molecular complexity index is 645. The van der Waals surface area contributed by atoms with Gasteiger partial charge in [-0.25, -0.2) is 9.78 Å². The monoisotopic (exact) mass is 435 g/mol. The Balaban J connectivity index is 2.67. The molecule has 0 unspecified atom stereocenters. The van der Waals surface area contributed by atoms with Crippen LogP contribution in [0, 0.1) is 3.57 Å². The van der Waals surface area contributed by atoms with E-state index in [9.17, 15) is 4.79 Å². The Morgan fingerprint density at radius 3 is 2.79 bits per heavy atom. The van der Waals surface area contributed by atoms with Gasteiger partial charge in [-0.15, -0.1) is 0 Å². The van der Waals surface area contributed by atoms with Crippen molar-refractivity contribution in [3.8, 4) is 5.88 Å². The number of carbonyl (C=O) groups is 1. The van der Waals surface area contributed by atoms with Crippen LogP contribution in [-0.4, -0.2) is 24.7 Å². The van der Waals surface area contributed by atoms with Gasteiger partial charge in [-0.1, -0.05) is 15.9 Å². The van der Waals surface area contributed by atoms with E-state index < -0.39 is 5.97 Å². The van der Waals surface area contributed by atoms with Gasteiger partial charge >= 0.3 is 5.97 Å². The molecule has 0 aliphatic rings. The summed E-state index contributed by atoms with van der Waals surface area (Å²) in [6, 6.07) is 5.61. The third kappa shape index (κ3) is 3.00. The van der Waals surface area contributed by atoms with Gasteiger partial charge in [0.1, 0.15) is 5.56 Å². The number of hydrogen-bond acceptors (Lipinski definition) is 4. The molecule has 1 aromatic heterocycles. The van der Waals surface area contributed by atoms with E-state index in [1.165, 1.54) is 7.11 Å². The summed E-state index contributed by atoms with van der Waals surface area (Å²) in [4.78, 5) is 16.3. The number of hydrogen-bond donors (Lipinski definition) is 0. The molecule has 2 rings (SSSR count). The summed E-state index contributed by atoms with van der Waals surface area (Å²) in [5.74, 6) is -0.146. The van der Waals surface area contributed by atoms with Crippen molar-refractivity contribution in [1.29, 1.82) is 0 Å². The lowest BCUT2D eigenvalue weighted by atomic mass is 10.1. The third-order valence-corrected chi connectivity index (χ3v) is 3.85. The van der Waals surface area contributed by atoms with Crippen molar-refractivity contribution in [2.75, 3.05) is 13.7 Å². The Hall–Kier alpha value is -0.890. The molecule has 6 heteroatoms. The molecule has 4 nitrogen and oxygen atoms in total. The molecular weight excluding hydrogens is 425 g/mol. The molecule has 0 amide bonds. The molecule has 100 valence electrons. The zero-order valence-electron chi connectivity index (χ0n) is 10.4. The topological polar surface area (TPSA) is 48.4 Å². The van der Waals surface area contributed by atoms with Crippen LogP contribution in [0.1, 0.15) is 17.3 Å². The smallest absolute Gasteiger partial charge is 0.343 e. The number of esters is 1. The molecule has 1 heterocycles. The number of nitrogens with zero attached hydrogens (tertiary/aromatic N) is 1. The number of pyridine rings is 1. The Morgan fingerprint density at radius 2 is 2.16 bits per heavy atom. The van der Waals surface area contributed by atoms with E-state index in [0.717, 1.165) is 18.9 Å². The molecule has 0 saturated heterocycles. The number of aromatic nitrogens is 1. The maximum absolute atomic E-state index is 11.9. The normalized spacial score (nSPS) is 10.5. The first kappa shape index (κ1) is 14.5. The fraction of sp³-hybridized carbons (Fsp3) is 0.231. The summed E-state index contributed by atoms with van der Waals surface area (Å²) in [6.45, 7) is 2.08. The summed E-state index contributed by atoms with van der Waals surface area (Å²) >= 11 is 5.63. The quantitative estimate of drug-likeness (QED) is 0.543. The number of benzene rings is 1. The molecule has 0 fully saturated rings. The Morgan fingerprint density at radius 1 is 1.42 bits per heavy atom. The van der Waals surface area contributed by atoms with Gasteiger partial charge in [-0.2, -0.15) is 0 Å². The van der Waals surface area contributed by atoms with Crippen molar-refractivity contribution >= 4 is 55.4 Å². The second kappa shape index (κ2) is 6.04. The van der Waals surface area contributed by atoms with E-state index in [1.807, 2.05) is 12.1 Å². The van der Waals surface area contributed by atoms with Crippen LogP contribution in [0.5, 0.6) is 5.88 Å². The predicted octanol–water partition coefficient (Wildman–Crippen LogP) is 3.79. The van der Waals surface area contributed by atoms with E-state index in [2.05, 4.69) is 43.5 Å². The summed E-state index contributed by atoms with van der Waals surface area (Å²) in [6.07, 6.45) is 0. The Kier molecular flexibility index (Phi) is 4.62. The molecule has 0 N–H and O–H groups in total. The van der Waals surface area contributed by atoms with Gasteiger partial charge in [0.25, 0.3) is 0 Å². The van der Waals surface area contributed by atoms with Crippen molar-refractivity contribution in [3.05, 3.63) is 31.8 Å². The van der Waals surface area contributed by atoms with E-state index in [4.69, 9.17) is 9.47 Å². The van der Waals surface area contributed by atoms with Crippen molar-refractivity contribution in [2.24, 2.45) is 0 Å². The Labute approximate surface area is 132 Å². The molecule has 0 bridgehead atoms. The lowest BCUT2D eigenvalue weighted by Gasteiger charge is -2.10. The molecule has 0 aliphatic carbocycles. The fourth-order valence-corrected chi connectivity index (χ4v) is 3.33. The SMILES string of the molecule is CCOC(=O)c1cc2c(I)cc(Br)cc2nc1OC. The third-order valence-electron chi connectivity index (χ3n) is 2.50. The van der Waals surface area contributed by atoms with Crippen molar-refractivity contribution < 1.29 is 14.3 Å². The maximum atomic E-state index is 11.9. The van der Waals surface area contributed by atoms with Crippen molar-refractivity contribution in [1.82, 2.24) is 4.98 Å². The van der Waals surface area contributed by atoms with Gasteiger partial charge in [-0.05, 0) is 47.7 Å². The van der Waals surface area contributed by atoms with Crippen LogP contribution in [-0.2, 0) is 4.74 Å². The summed E-state index contributed by atoms with van der Waals surface area (Å²) in [5.41, 5.74) is 1.11. The van der Waals surface area contributed by atoms with E-state index >= 15 is 0 Å². The van der Waals surface area contributed by atoms with E-state index in [-0.39, 0.29) is 5.88 Å². The van der Waals surface area contributed by atoms with Crippen LogP contribution in [0.4, 0.5) is 0 Å². The van der Waals surface area contributed by atoms with Gasteiger partial charge in [0, 0.05) is 13.4 Å². The highest BCUT2D eigenvalue weighted by Crippen LogP contribution is 2.29. The number of rotatable bonds is 3. The molecular formula is C13H11BrINO3. The number of fused-ring (bicyclic) bond motifs is 1. The number of methoxy groups -OCH3 is 1. The zero-order chi connectivity index (χ0) is 14.0. The van der Waals surface area contributed by atoms with E-state index in [1.54, 1.807) is 13.0 Å². The number of carbonyl (C=O) groups excluding carboxylic acids is 1. The van der Waals surface area contributed by atoms with Crippen LogP contribution < -0.4 is 4.74 Å². The van der Waals surface area contributed by atoms with Crippen LogP contribution in [0.2, 0.25) is 0 Å². The summed E-state index contributed by atoms with van der Waals surface area (Å²) < 4.78 is 12.1. The molecule has 19 heavy (non-hydrogen) atoms. The molecule has 0 spiro atoms. The lowest BCUT2D eigenvalue weighted by Crippen LogP contribution is -2.08. The predicted molar refractivity (Wildman–Crippen MR) is 84.7 cm³/mol. The minimum absolute atomic E-state index is 0.278. The van der Waals surface area contributed by atoms with Crippen LogP contribution >= 0.6 is 38.5 Å². The molecule has 2 aromatic rings. The number of halogens is 2. The number of ether oxygens (including phenoxy) is 2. The van der Waals surface area contributed by atoms with Gasteiger partial charge in [0.15, 0.2) is 0 Å². The van der Waals surface area contributed by atoms with Gasteiger partial charge < -0.3 is 9.47 Å². The molecule has 0 saturated carbocycles. The average molecular weight is 436 g/mol. The first-order chi connectivity index (χ1) is 9.06. The standard InChI is InChI=1S/C13H11BrINO3/c1-3-19-13(17)9-6-8-10(15)4-7(14)5-11(8)16-12(9)18-2/h4-6H,3H2,1-2H3. The highest BCUT2D eigenvalue weighted by Gasteiger charge is 2.17. The van der Waals surface area contributed by atoms with Crippen LogP contribution in [0.15, 0.2) is 22.7 Å². The fourth-order valence-electron chi connectivity index (χ4n) is 1.69. The van der Waals surface area contributed by atoms with E-state index in [0.29, 0.717) is 12.2 Å². The van der Waals surface area contributed by atoms with Crippen molar-refractivity contribution in [2.45, 2.75) is 6.92 Å². The summed E-state index contributed by atoms with van der Waals surface area (Å²) in [5, 5.41) is 0.896. The molecule has 0 radical (unpaired) electrons. The van der Waals surface area contributed by atoms with Gasteiger partial charge in [0.2, 0.25) is 5.88 Å². The van der Waals surface area contributed by atoms with Crippen LogP contribution in [0.3, 0.4) is 0 Å². The zero-order valence-corrected chi connectivity index (χ0v) is 14.1. The first-order valence-corrected chi connectivity index (χ1v) is 7.45. The average Bonchev–Trinajstić information content (AvgIpc) is 2.37. The summed E-state index contributed by atoms with van der Waals surface area (Å²) in [7, 11) is 1.49. The highest BCUT2D eigenvalue weighted by molar-refractivity contribution is 14.1. The van der Waals surface area contributed by atoms with Gasteiger partial charge in [-0.3, -0.25) is 0 Å². The van der Waals surface area contributed by atoms with Crippen molar-refractivity contribution in [3.63, 3.8) is 0 Å². The lowest BCUT2D eigenvalue weighted by molar-refractivity contribution is 0.0522. The first-order valence-electron chi connectivity index (χ1n) is 5.57. The maximum Gasteiger partial charge on any atom is 0.343 e. The highest BCUT2D eigenvalue weighted by atomic mass is 127. The molecule has 0 atom stereocenters. The van der Waals surface area contributed by atoms with Gasteiger partial charge in [0.05, 0.1) is 19.2 Å². The van der Waals surface area contributed by atoms with Crippen LogP contribution in [0.25, 0.3) is 10.9 Å². The largest absolute Gasteiger partial charge is 0.480 e.